The second-order valence-corrected chi connectivity index (χ2v) is 6.14. The van der Waals surface area contributed by atoms with Gasteiger partial charge in [0.15, 0.2) is 0 Å². The first kappa shape index (κ1) is 18.6. The predicted octanol–water partition coefficient (Wildman–Crippen LogP) is 3.57. The Morgan fingerprint density at radius 2 is 1.76 bits per heavy atom. The number of methoxy groups -OCH3 is 2. The molecule has 0 aromatic heterocycles. The molecule has 2 aromatic rings. The zero-order valence-corrected chi connectivity index (χ0v) is 15.2. The Hall–Kier alpha value is -2.69. The SMILES string of the molecule is COc1ccc(C(=O)NCC(Nc2ccccc2)C(C)C)c(OC)c1. The van der Waals surface area contributed by atoms with Crippen molar-refractivity contribution in [1.29, 1.82) is 0 Å². The lowest BCUT2D eigenvalue weighted by Gasteiger charge is -2.24. The second kappa shape index (κ2) is 8.97. The van der Waals surface area contributed by atoms with Crippen LogP contribution in [0.15, 0.2) is 48.5 Å². The molecule has 0 heterocycles. The van der Waals surface area contributed by atoms with Gasteiger partial charge in [0.25, 0.3) is 5.91 Å². The molecule has 1 amide bonds. The summed E-state index contributed by atoms with van der Waals surface area (Å²) in [6.07, 6.45) is 0. The Labute approximate surface area is 149 Å². The van der Waals surface area contributed by atoms with Gasteiger partial charge in [0, 0.05) is 24.3 Å². The molecule has 5 heteroatoms. The third-order valence-electron chi connectivity index (χ3n) is 4.07. The van der Waals surface area contributed by atoms with Crippen molar-refractivity contribution in [2.75, 3.05) is 26.1 Å². The monoisotopic (exact) mass is 342 g/mol. The highest BCUT2D eigenvalue weighted by molar-refractivity contribution is 5.97. The summed E-state index contributed by atoms with van der Waals surface area (Å²) in [5, 5.41) is 6.46. The second-order valence-electron chi connectivity index (χ2n) is 6.14. The summed E-state index contributed by atoms with van der Waals surface area (Å²) in [6.45, 7) is 4.77. The van der Waals surface area contributed by atoms with Crippen LogP contribution in [0.3, 0.4) is 0 Å². The third-order valence-corrected chi connectivity index (χ3v) is 4.07. The molecule has 0 saturated carbocycles. The molecule has 0 aliphatic heterocycles. The van der Waals surface area contributed by atoms with Crippen LogP contribution in [0.5, 0.6) is 11.5 Å². The largest absolute Gasteiger partial charge is 0.497 e. The average Bonchev–Trinajstić information content (AvgIpc) is 2.64. The molecule has 25 heavy (non-hydrogen) atoms. The first-order valence-electron chi connectivity index (χ1n) is 8.37. The zero-order valence-electron chi connectivity index (χ0n) is 15.2. The quantitative estimate of drug-likeness (QED) is 0.770. The van der Waals surface area contributed by atoms with Crippen molar-refractivity contribution < 1.29 is 14.3 Å². The highest BCUT2D eigenvalue weighted by Gasteiger charge is 2.17. The fourth-order valence-corrected chi connectivity index (χ4v) is 2.49. The van der Waals surface area contributed by atoms with Gasteiger partial charge in [-0.2, -0.15) is 0 Å². The fraction of sp³-hybridized carbons (Fsp3) is 0.350. The summed E-state index contributed by atoms with van der Waals surface area (Å²) in [5.74, 6) is 1.34. The number of rotatable bonds is 8. The zero-order chi connectivity index (χ0) is 18.2. The fourth-order valence-electron chi connectivity index (χ4n) is 2.49. The van der Waals surface area contributed by atoms with Gasteiger partial charge in [-0.25, -0.2) is 0 Å². The lowest BCUT2D eigenvalue weighted by Crippen LogP contribution is -2.39. The number of hydrogen-bond donors (Lipinski definition) is 2. The molecule has 0 aliphatic rings. The molecule has 134 valence electrons. The van der Waals surface area contributed by atoms with Gasteiger partial charge < -0.3 is 20.1 Å². The molecule has 2 aromatic carbocycles. The van der Waals surface area contributed by atoms with E-state index in [1.165, 1.54) is 0 Å². The molecule has 5 nitrogen and oxygen atoms in total. The van der Waals surface area contributed by atoms with Crippen LogP contribution in [-0.4, -0.2) is 32.7 Å². The maximum Gasteiger partial charge on any atom is 0.255 e. The van der Waals surface area contributed by atoms with E-state index in [0.29, 0.717) is 29.5 Å². The van der Waals surface area contributed by atoms with Gasteiger partial charge in [-0.15, -0.1) is 0 Å². The van der Waals surface area contributed by atoms with Gasteiger partial charge in [-0.05, 0) is 30.2 Å². The molecule has 2 rings (SSSR count). The van der Waals surface area contributed by atoms with Crippen LogP contribution in [0.25, 0.3) is 0 Å². The van der Waals surface area contributed by atoms with Crippen molar-refractivity contribution in [2.45, 2.75) is 19.9 Å². The lowest BCUT2D eigenvalue weighted by molar-refractivity contribution is 0.0947. The van der Waals surface area contributed by atoms with E-state index in [2.05, 4.69) is 24.5 Å². The molecule has 0 aliphatic carbocycles. The minimum atomic E-state index is -0.167. The molecule has 1 unspecified atom stereocenters. The maximum atomic E-state index is 12.5. The van der Waals surface area contributed by atoms with E-state index in [1.807, 2.05) is 30.3 Å². The molecular formula is C20H26N2O3. The maximum absolute atomic E-state index is 12.5. The van der Waals surface area contributed by atoms with E-state index in [0.717, 1.165) is 5.69 Å². The highest BCUT2D eigenvalue weighted by atomic mass is 16.5. The Kier molecular flexibility index (Phi) is 6.69. The smallest absolute Gasteiger partial charge is 0.255 e. The molecule has 2 N–H and O–H groups in total. The van der Waals surface area contributed by atoms with Crippen molar-refractivity contribution in [2.24, 2.45) is 5.92 Å². The van der Waals surface area contributed by atoms with Crippen molar-refractivity contribution in [3.8, 4) is 11.5 Å². The number of para-hydroxylation sites is 1. The van der Waals surface area contributed by atoms with Gasteiger partial charge in [0.2, 0.25) is 0 Å². The highest BCUT2D eigenvalue weighted by Crippen LogP contribution is 2.24. The molecule has 0 radical (unpaired) electrons. The van der Waals surface area contributed by atoms with E-state index in [9.17, 15) is 4.79 Å². The number of anilines is 1. The Balaban J connectivity index is 2.04. The van der Waals surface area contributed by atoms with Crippen LogP contribution in [0.2, 0.25) is 0 Å². The number of carbonyl (C=O) groups excluding carboxylic acids is 1. The molecule has 1 atom stereocenters. The molecule has 0 bridgehead atoms. The van der Waals surface area contributed by atoms with Gasteiger partial charge in [-0.1, -0.05) is 32.0 Å². The summed E-state index contributed by atoms with van der Waals surface area (Å²) >= 11 is 0. The normalized spacial score (nSPS) is 11.7. The minimum absolute atomic E-state index is 0.121. The van der Waals surface area contributed by atoms with E-state index < -0.39 is 0 Å². The minimum Gasteiger partial charge on any atom is -0.497 e. The average molecular weight is 342 g/mol. The number of nitrogens with one attached hydrogen (secondary N) is 2. The van der Waals surface area contributed by atoms with E-state index >= 15 is 0 Å². The predicted molar refractivity (Wildman–Crippen MR) is 101 cm³/mol. The summed E-state index contributed by atoms with van der Waals surface area (Å²) in [7, 11) is 3.12. The first-order valence-corrected chi connectivity index (χ1v) is 8.37. The summed E-state index contributed by atoms with van der Waals surface area (Å²) < 4.78 is 10.5. The Morgan fingerprint density at radius 3 is 2.36 bits per heavy atom. The molecule has 0 saturated heterocycles. The van der Waals surface area contributed by atoms with Crippen molar-refractivity contribution in [1.82, 2.24) is 5.32 Å². The van der Waals surface area contributed by atoms with Gasteiger partial charge in [-0.3, -0.25) is 4.79 Å². The van der Waals surface area contributed by atoms with Crippen molar-refractivity contribution in [3.63, 3.8) is 0 Å². The number of amides is 1. The van der Waals surface area contributed by atoms with Gasteiger partial charge in [0.1, 0.15) is 11.5 Å². The first-order chi connectivity index (χ1) is 12.0. The standard InChI is InChI=1S/C20H26N2O3/c1-14(2)18(22-15-8-6-5-7-9-15)13-21-20(23)17-11-10-16(24-3)12-19(17)25-4/h5-12,14,18,22H,13H2,1-4H3,(H,21,23). The molecule has 0 fully saturated rings. The third kappa shape index (κ3) is 5.14. The van der Waals surface area contributed by atoms with Crippen LogP contribution < -0.4 is 20.1 Å². The van der Waals surface area contributed by atoms with Crippen LogP contribution >= 0.6 is 0 Å². The summed E-state index contributed by atoms with van der Waals surface area (Å²) in [4.78, 5) is 12.5. The number of benzene rings is 2. The van der Waals surface area contributed by atoms with Crippen LogP contribution in [-0.2, 0) is 0 Å². The van der Waals surface area contributed by atoms with Crippen LogP contribution in [0, 0.1) is 5.92 Å². The number of hydrogen-bond acceptors (Lipinski definition) is 4. The van der Waals surface area contributed by atoms with Crippen molar-refractivity contribution >= 4 is 11.6 Å². The van der Waals surface area contributed by atoms with E-state index in [1.54, 1.807) is 32.4 Å². The lowest BCUT2D eigenvalue weighted by atomic mass is 10.0. The van der Waals surface area contributed by atoms with E-state index in [-0.39, 0.29) is 11.9 Å². The van der Waals surface area contributed by atoms with Crippen molar-refractivity contribution in [3.05, 3.63) is 54.1 Å². The Bertz CT molecular complexity index is 687. The molecular weight excluding hydrogens is 316 g/mol. The van der Waals surface area contributed by atoms with Gasteiger partial charge in [0.05, 0.1) is 19.8 Å². The summed E-state index contributed by atoms with van der Waals surface area (Å²) in [5.41, 5.74) is 1.53. The molecule has 0 spiro atoms. The topological polar surface area (TPSA) is 59.6 Å². The Morgan fingerprint density at radius 1 is 1.04 bits per heavy atom. The number of ether oxygens (including phenoxy) is 2. The van der Waals surface area contributed by atoms with Gasteiger partial charge >= 0.3 is 0 Å². The summed E-state index contributed by atoms with van der Waals surface area (Å²) in [6, 6.07) is 15.3. The number of carbonyl (C=O) groups is 1. The van der Waals surface area contributed by atoms with Crippen LogP contribution in [0.1, 0.15) is 24.2 Å². The van der Waals surface area contributed by atoms with E-state index in [4.69, 9.17) is 9.47 Å². The van der Waals surface area contributed by atoms with Crippen LogP contribution in [0.4, 0.5) is 5.69 Å².